The minimum absolute atomic E-state index is 0.0858. The first-order chi connectivity index (χ1) is 31.2. The molecule has 0 N–H and O–H groups in total. The van der Waals surface area contributed by atoms with Crippen molar-refractivity contribution in [1.82, 2.24) is 9.13 Å². The van der Waals surface area contributed by atoms with Gasteiger partial charge in [-0.3, -0.25) is 0 Å². The molecule has 0 saturated heterocycles. The number of thiophene rings is 1. The molecule has 0 amide bonds. The van der Waals surface area contributed by atoms with Crippen LogP contribution in [0.15, 0.2) is 194 Å². The van der Waals surface area contributed by atoms with Crippen LogP contribution in [0, 0.1) is 0 Å². The van der Waals surface area contributed by atoms with Crippen LogP contribution in [0.1, 0.15) is 43.2 Å². The van der Waals surface area contributed by atoms with Gasteiger partial charge in [0.1, 0.15) is 0 Å². The molecule has 0 atom stereocenters. The lowest BCUT2D eigenvalue weighted by atomic mass is 9.68. The first-order valence-corrected chi connectivity index (χ1v) is 23.4. The summed E-state index contributed by atoms with van der Waals surface area (Å²) in [4.78, 5) is 0. The Balaban J connectivity index is 0.965. The summed E-state index contributed by atoms with van der Waals surface area (Å²) in [7, 11) is 0. The molecule has 1 fully saturated rings. The predicted molar refractivity (Wildman–Crippen MR) is 268 cm³/mol. The first-order valence-electron chi connectivity index (χ1n) is 22.5. The molecular weight excluding hydrogens is 781 g/mol. The van der Waals surface area contributed by atoms with E-state index in [9.17, 15) is 0 Å². The van der Waals surface area contributed by atoms with E-state index >= 15 is 0 Å². The van der Waals surface area contributed by atoms with Crippen molar-refractivity contribution in [2.75, 3.05) is 0 Å². The molecule has 0 radical (unpaired) electrons. The van der Waals surface area contributed by atoms with E-state index < -0.39 is 0 Å². The van der Waals surface area contributed by atoms with Crippen LogP contribution in [0.4, 0.5) is 0 Å². The summed E-state index contributed by atoms with van der Waals surface area (Å²) in [5, 5.41) is 7.85. The van der Waals surface area contributed by atoms with Gasteiger partial charge < -0.3 is 9.13 Å². The van der Waals surface area contributed by atoms with Crippen LogP contribution in [0.2, 0.25) is 0 Å². The zero-order valence-corrected chi connectivity index (χ0v) is 35.6. The molecule has 1 spiro atoms. The molecule has 3 aromatic heterocycles. The molecular formula is C60H42N2S. The van der Waals surface area contributed by atoms with Gasteiger partial charge in [0.05, 0.1) is 22.1 Å². The fourth-order valence-corrected chi connectivity index (χ4v) is 13.0. The Morgan fingerprint density at radius 1 is 0.333 bits per heavy atom. The summed E-state index contributed by atoms with van der Waals surface area (Å²) in [5.41, 5.74) is 18.3. The third-order valence-corrected chi connectivity index (χ3v) is 15.9. The molecule has 12 aromatic rings. The number of hydrogen-bond acceptors (Lipinski definition) is 1. The van der Waals surface area contributed by atoms with E-state index in [2.05, 4.69) is 203 Å². The minimum Gasteiger partial charge on any atom is -0.309 e. The van der Waals surface area contributed by atoms with Crippen molar-refractivity contribution in [2.45, 2.75) is 37.5 Å². The molecule has 298 valence electrons. The third-order valence-electron chi connectivity index (χ3n) is 14.7. The van der Waals surface area contributed by atoms with Crippen LogP contribution in [0.25, 0.3) is 109 Å². The fourth-order valence-electron chi connectivity index (χ4n) is 11.8. The summed E-state index contributed by atoms with van der Waals surface area (Å²) in [6, 6.07) is 73.3. The quantitative estimate of drug-likeness (QED) is 0.167. The van der Waals surface area contributed by atoms with Crippen molar-refractivity contribution in [3.63, 3.8) is 0 Å². The van der Waals surface area contributed by atoms with Gasteiger partial charge in [0, 0.05) is 58.5 Å². The minimum atomic E-state index is 0.0858. The lowest BCUT2D eigenvalue weighted by Crippen LogP contribution is -2.27. The molecule has 2 nitrogen and oxygen atoms in total. The molecule has 9 aromatic carbocycles. The van der Waals surface area contributed by atoms with Gasteiger partial charge in [-0.2, -0.15) is 0 Å². The standard InChI is InChI=1S/C60H42N2S/c1-3-13-38(14-4-1)39-21-25-42(26-22-39)61-56-30-24-41(34-50(56)51-36-53-48(37-57(51)61)44-15-5-8-18-52(44)60(53)31-11-2-12-32-60)40-23-29-55-49(33-40)45-16-6-9-19-54(45)62(55)43-27-28-47-46-17-7-10-20-58(46)63-59(47)35-43/h1,3-10,13-30,33-37H,2,11-12,31-32H2. The lowest BCUT2D eigenvalue weighted by Gasteiger charge is -2.36. The van der Waals surface area contributed by atoms with Crippen LogP contribution < -0.4 is 0 Å². The average molecular weight is 823 g/mol. The molecule has 0 aliphatic heterocycles. The Hall–Kier alpha value is -7.20. The van der Waals surface area contributed by atoms with E-state index in [0.29, 0.717) is 0 Å². The van der Waals surface area contributed by atoms with Crippen LogP contribution in [-0.4, -0.2) is 9.13 Å². The van der Waals surface area contributed by atoms with Crippen LogP contribution in [0.3, 0.4) is 0 Å². The van der Waals surface area contributed by atoms with Crippen molar-refractivity contribution in [1.29, 1.82) is 0 Å². The van der Waals surface area contributed by atoms with Crippen molar-refractivity contribution in [3.8, 4) is 44.8 Å². The SMILES string of the molecule is c1ccc(-c2ccc(-n3c4ccc(-c5ccc6c(c5)c5ccccc5n6-c5ccc6c(c5)sc5ccccc56)cc4c4cc5c(cc43)-c3ccccc3C53CCCCC3)cc2)cc1. The highest BCUT2D eigenvalue weighted by Crippen LogP contribution is 2.57. The topological polar surface area (TPSA) is 9.86 Å². The van der Waals surface area contributed by atoms with Crippen LogP contribution in [0.5, 0.6) is 0 Å². The summed E-state index contributed by atoms with van der Waals surface area (Å²) in [5.74, 6) is 0. The monoisotopic (exact) mass is 822 g/mol. The predicted octanol–water partition coefficient (Wildman–Crippen LogP) is 16.8. The van der Waals surface area contributed by atoms with Crippen molar-refractivity contribution in [3.05, 3.63) is 205 Å². The second kappa shape index (κ2) is 13.4. The summed E-state index contributed by atoms with van der Waals surface area (Å²) in [6.07, 6.45) is 6.33. The normalized spacial score (nSPS) is 14.5. The first kappa shape index (κ1) is 35.4. The van der Waals surface area contributed by atoms with Gasteiger partial charge in [-0.1, -0.05) is 141 Å². The lowest BCUT2D eigenvalue weighted by molar-refractivity contribution is 0.353. The Kier molecular flexibility index (Phi) is 7.53. The number of nitrogens with zero attached hydrogens (tertiary/aromatic N) is 2. The maximum atomic E-state index is 2.61. The Morgan fingerprint density at radius 3 is 1.73 bits per heavy atom. The van der Waals surface area contributed by atoms with E-state index in [1.165, 1.54) is 152 Å². The van der Waals surface area contributed by atoms with Gasteiger partial charge in [-0.05, 0) is 130 Å². The van der Waals surface area contributed by atoms with Crippen molar-refractivity contribution >= 4 is 75.1 Å². The summed E-state index contributed by atoms with van der Waals surface area (Å²) >= 11 is 1.88. The maximum Gasteiger partial charge on any atom is 0.0547 e. The Bertz CT molecular complexity index is 3820. The van der Waals surface area contributed by atoms with Gasteiger partial charge >= 0.3 is 0 Å². The summed E-state index contributed by atoms with van der Waals surface area (Å²) in [6.45, 7) is 0. The van der Waals surface area contributed by atoms with E-state index in [4.69, 9.17) is 0 Å². The van der Waals surface area contributed by atoms with Crippen LogP contribution >= 0.6 is 11.3 Å². The van der Waals surface area contributed by atoms with Crippen LogP contribution in [-0.2, 0) is 5.41 Å². The number of para-hydroxylation sites is 1. The van der Waals surface area contributed by atoms with Gasteiger partial charge in [-0.15, -0.1) is 11.3 Å². The molecule has 3 heterocycles. The number of fused-ring (bicyclic) bond motifs is 14. The number of rotatable bonds is 4. The Morgan fingerprint density at radius 2 is 0.921 bits per heavy atom. The largest absolute Gasteiger partial charge is 0.309 e. The van der Waals surface area contributed by atoms with Crippen molar-refractivity contribution in [2.24, 2.45) is 0 Å². The molecule has 63 heavy (non-hydrogen) atoms. The molecule has 0 unspecified atom stereocenters. The molecule has 2 aliphatic carbocycles. The molecule has 2 aliphatic rings. The fraction of sp³-hybridized carbons (Fsp3) is 0.100. The zero-order valence-electron chi connectivity index (χ0n) is 34.8. The molecule has 0 bridgehead atoms. The van der Waals surface area contributed by atoms with Gasteiger partial charge in [-0.25, -0.2) is 0 Å². The van der Waals surface area contributed by atoms with E-state index in [1.54, 1.807) is 0 Å². The second-order valence-corrected chi connectivity index (χ2v) is 19.0. The van der Waals surface area contributed by atoms with Gasteiger partial charge in [0.2, 0.25) is 0 Å². The molecule has 3 heteroatoms. The van der Waals surface area contributed by atoms with E-state index in [-0.39, 0.29) is 5.41 Å². The van der Waals surface area contributed by atoms with Gasteiger partial charge in [0.25, 0.3) is 0 Å². The Labute approximate surface area is 369 Å². The zero-order chi connectivity index (χ0) is 41.2. The van der Waals surface area contributed by atoms with Crippen molar-refractivity contribution < 1.29 is 0 Å². The highest BCUT2D eigenvalue weighted by Gasteiger charge is 2.44. The molecule has 1 saturated carbocycles. The van der Waals surface area contributed by atoms with E-state index in [0.717, 1.165) is 0 Å². The van der Waals surface area contributed by atoms with E-state index in [1.807, 2.05) is 11.3 Å². The third kappa shape index (κ3) is 5.12. The number of aromatic nitrogens is 2. The van der Waals surface area contributed by atoms with Gasteiger partial charge in [0.15, 0.2) is 0 Å². The average Bonchev–Trinajstić information content (AvgIpc) is 4.06. The number of benzene rings is 9. The summed E-state index contributed by atoms with van der Waals surface area (Å²) < 4.78 is 7.63. The second-order valence-electron chi connectivity index (χ2n) is 17.9. The maximum absolute atomic E-state index is 2.61. The highest BCUT2D eigenvalue weighted by atomic mass is 32.1. The smallest absolute Gasteiger partial charge is 0.0547 e. The highest BCUT2D eigenvalue weighted by molar-refractivity contribution is 7.25. The number of hydrogen-bond donors (Lipinski definition) is 0. The molecule has 14 rings (SSSR count).